The minimum absolute atomic E-state index is 0.0851. The van der Waals surface area contributed by atoms with Gasteiger partial charge in [-0.2, -0.15) is 4.98 Å². The zero-order valence-corrected chi connectivity index (χ0v) is 20.2. The summed E-state index contributed by atoms with van der Waals surface area (Å²) in [4.78, 5) is 35.4. The summed E-state index contributed by atoms with van der Waals surface area (Å²) in [7, 11) is 0. The van der Waals surface area contributed by atoms with E-state index in [0.717, 1.165) is 11.1 Å². The van der Waals surface area contributed by atoms with Crippen molar-refractivity contribution in [1.82, 2.24) is 20.3 Å². The van der Waals surface area contributed by atoms with Crippen LogP contribution >= 0.6 is 11.6 Å². The van der Waals surface area contributed by atoms with Gasteiger partial charge in [0.15, 0.2) is 11.4 Å². The van der Waals surface area contributed by atoms with Crippen molar-refractivity contribution < 1.29 is 14.3 Å². The van der Waals surface area contributed by atoms with Crippen LogP contribution in [-0.2, 0) is 10.3 Å². The number of nitrogens with one attached hydrogen (secondary N) is 2. The Balaban J connectivity index is 1.56. The average Bonchev–Trinajstić information content (AvgIpc) is 3.18. The molecule has 2 aromatic heterocycles. The molecule has 2 aromatic carbocycles. The predicted octanol–water partition coefficient (Wildman–Crippen LogP) is 6.03. The molecule has 4 aromatic rings. The number of ketones is 1. The van der Waals surface area contributed by atoms with Crippen molar-refractivity contribution in [2.45, 2.75) is 39.7 Å². The van der Waals surface area contributed by atoms with E-state index in [9.17, 15) is 9.59 Å². The van der Waals surface area contributed by atoms with E-state index < -0.39 is 5.54 Å². The first-order valence-electron chi connectivity index (χ1n) is 10.9. The number of nitrogens with zero attached hydrogens (tertiary/aromatic N) is 2. The number of aromatic amines is 1. The van der Waals surface area contributed by atoms with Crippen molar-refractivity contribution in [2.75, 3.05) is 0 Å². The van der Waals surface area contributed by atoms with Crippen LogP contribution in [0.4, 0.5) is 0 Å². The van der Waals surface area contributed by atoms with Crippen LogP contribution in [0, 0.1) is 0 Å². The van der Waals surface area contributed by atoms with E-state index >= 15 is 0 Å². The second-order valence-electron chi connectivity index (χ2n) is 8.52. The summed E-state index contributed by atoms with van der Waals surface area (Å²) in [6.45, 7) is 7.20. The first kappa shape index (κ1) is 23.4. The molecule has 0 unspecified atom stereocenters. The number of pyridine rings is 1. The lowest BCUT2D eigenvalue weighted by molar-refractivity contribution is -0.120. The number of carbonyl (C=O) groups is 2. The van der Waals surface area contributed by atoms with Crippen LogP contribution in [0.1, 0.15) is 50.0 Å². The fourth-order valence-electron chi connectivity index (χ4n) is 3.73. The SMILES string of the molecule is CCC(=O)c1ccc(-c2nc3nc(Oc4ccc(C(C)(C)NC(C)=O)cc4)[nH]c3cc2Cl)cc1. The highest BCUT2D eigenvalue weighted by atomic mass is 35.5. The molecule has 0 aliphatic heterocycles. The minimum atomic E-state index is -0.497. The van der Waals surface area contributed by atoms with Gasteiger partial charge in [0.05, 0.1) is 21.8 Å². The Kier molecular flexibility index (Phi) is 6.39. The Morgan fingerprint density at radius 1 is 1.06 bits per heavy atom. The number of amides is 1. The molecule has 34 heavy (non-hydrogen) atoms. The minimum Gasteiger partial charge on any atom is -0.426 e. The van der Waals surface area contributed by atoms with Gasteiger partial charge in [0, 0.05) is 24.5 Å². The van der Waals surface area contributed by atoms with Gasteiger partial charge in [0.25, 0.3) is 0 Å². The van der Waals surface area contributed by atoms with E-state index in [2.05, 4.69) is 20.3 Å². The number of halogens is 1. The van der Waals surface area contributed by atoms with Crippen LogP contribution < -0.4 is 10.1 Å². The first-order valence-corrected chi connectivity index (χ1v) is 11.3. The Hall–Kier alpha value is -3.71. The Morgan fingerprint density at radius 2 is 1.74 bits per heavy atom. The standard InChI is InChI=1S/C26H25ClN4O3/c1-5-22(33)16-6-8-17(9-7-16)23-20(27)14-21-24(29-23)30-25(28-21)34-19-12-10-18(11-13-19)26(3,4)31-15(2)32/h6-14H,5H2,1-4H3,(H,31,32)(H,28,29,30). The lowest BCUT2D eigenvalue weighted by atomic mass is 9.94. The molecule has 0 saturated heterocycles. The van der Waals surface area contributed by atoms with Crippen LogP contribution in [0.3, 0.4) is 0 Å². The van der Waals surface area contributed by atoms with Crippen LogP contribution in [0.15, 0.2) is 54.6 Å². The van der Waals surface area contributed by atoms with Gasteiger partial charge in [0.1, 0.15) is 5.75 Å². The number of aromatic nitrogens is 3. The number of H-pyrrole nitrogens is 1. The lowest BCUT2D eigenvalue weighted by Crippen LogP contribution is -2.39. The number of carbonyl (C=O) groups excluding carboxylic acids is 2. The van der Waals surface area contributed by atoms with Crippen molar-refractivity contribution in [3.63, 3.8) is 0 Å². The molecular weight excluding hydrogens is 452 g/mol. The number of benzene rings is 2. The molecule has 0 bridgehead atoms. The van der Waals surface area contributed by atoms with Crippen LogP contribution in [0.25, 0.3) is 22.4 Å². The molecular formula is C26H25ClN4O3. The maximum Gasteiger partial charge on any atom is 0.301 e. The highest BCUT2D eigenvalue weighted by Crippen LogP contribution is 2.31. The smallest absolute Gasteiger partial charge is 0.301 e. The zero-order valence-electron chi connectivity index (χ0n) is 19.4. The van der Waals surface area contributed by atoms with Crippen molar-refractivity contribution in [3.05, 3.63) is 70.7 Å². The number of fused-ring (bicyclic) bond motifs is 1. The van der Waals surface area contributed by atoms with Crippen molar-refractivity contribution in [2.24, 2.45) is 0 Å². The van der Waals surface area contributed by atoms with E-state index in [1.807, 2.05) is 57.2 Å². The molecule has 2 heterocycles. The Labute approximate surface area is 202 Å². The van der Waals surface area contributed by atoms with Gasteiger partial charge < -0.3 is 15.0 Å². The molecule has 0 fully saturated rings. The Morgan fingerprint density at radius 3 is 2.35 bits per heavy atom. The van der Waals surface area contributed by atoms with E-state index in [4.69, 9.17) is 16.3 Å². The molecule has 0 aliphatic rings. The number of rotatable bonds is 7. The molecule has 2 N–H and O–H groups in total. The van der Waals surface area contributed by atoms with Crippen molar-refractivity contribution in [3.8, 4) is 23.0 Å². The predicted molar refractivity (Wildman–Crippen MR) is 132 cm³/mol. The average molecular weight is 477 g/mol. The van der Waals surface area contributed by atoms with Crippen molar-refractivity contribution >= 4 is 34.5 Å². The number of hydrogen-bond donors (Lipinski definition) is 2. The number of Topliss-reactive ketones (excluding diaryl/α,β-unsaturated/α-hetero) is 1. The number of imidazole rings is 1. The van der Waals surface area contributed by atoms with E-state index in [-0.39, 0.29) is 17.7 Å². The zero-order chi connectivity index (χ0) is 24.5. The molecule has 0 atom stereocenters. The summed E-state index contributed by atoms with van der Waals surface area (Å²) in [5.41, 5.74) is 3.59. The highest BCUT2D eigenvalue weighted by Gasteiger charge is 2.21. The fourth-order valence-corrected chi connectivity index (χ4v) is 3.99. The van der Waals surface area contributed by atoms with E-state index in [0.29, 0.717) is 39.6 Å². The lowest BCUT2D eigenvalue weighted by Gasteiger charge is -2.26. The molecule has 0 radical (unpaired) electrons. The summed E-state index contributed by atoms with van der Waals surface area (Å²) >= 11 is 6.48. The molecule has 174 valence electrons. The van der Waals surface area contributed by atoms with E-state index in [1.165, 1.54) is 6.92 Å². The van der Waals surface area contributed by atoms with Gasteiger partial charge in [-0.3, -0.25) is 9.59 Å². The number of ether oxygens (including phenoxy) is 1. The molecule has 7 nitrogen and oxygen atoms in total. The molecule has 1 amide bonds. The molecule has 0 aliphatic carbocycles. The van der Waals surface area contributed by atoms with Crippen LogP contribution in [0.2, 0.25) is 5.02 Å². The maximum absolute atomic E-state index is 11.9. The summed E-state index contributed by atoms with van der Waals surface area (Å²) in [6, 6.07) is 16.7. The molecule has 0 spiro atoms. The third-order valence-electron chi connectivity index (χ3n) is 5.49. The van der Waals surface area contributed by atoms with Crippen LogP contribution in [-0.4, -0.2) is 26.6 Å². The van der Waals surface area contributed by atoms with Gasteiger partial charge in [0.2, 0.25) is 5.91 Å². The fraction of sp³-hybridized carbons (Fsp3) is 0.231. The monoisotopic (exact) mass is 476 g/mol. The summed E-state index contributed by atoms with van der Waals surface area (Å²) in [5, 5.41) is 3.38. The largest absolute Gasteiger partial charge is 0.426 e. The molecule has 8 heteroatoms. The Bertz CT molecular complexity index is 1360. The van der Waals surface area contributed by atoms with E-state index in [1.54, 1.807) is 18.2 Å². The quantitative estimate of drug-likeness (QED) is 0.317. The second kappa shape index (κ2) is 9.27. The summed E-state index contributed by atoms with van der Waals surface area (Å²) < 4.78 is 5.88. The molecule has 0 saturated carbocycles. The van der Waals surface area contributed by atoms with Gasteiger partial charge in [-0.05, 0) is 37.6 Å². The van der Waals surface area contributed by atoms with Gasteiger partial charge in [-0.15, -0.1) is 0 Å². The normalized spacial score (nSPS) is 11.4. The maximum atomic E-state index is 11.9. The highest BCUT2D eigenvalue weighted by molar-refractivity contribution is 6.33. The van der Waals surface area contributed by atoms with Gasteiger partial charge in [-0.25, -0.2) is 4.98 Å². The summed E-state index contributed by atoms with van der Waals surface area (Å²) in [6.07, 6.45) is 0.455. The second-order valence-corrected chi connectivity index (χ2v) is 8.93. The van der Waals surface area contributed by atoms with Gasteiger partial charge in [-0.1, -0.05) is 54.9 Å². The topological polar surface area (TPSA) is 97.0 Å². The summed E-state index contributed by atoms with van der Waals surface area (Å²) in [5.74, 6) is 0.578. The van der Waals surface area contributed by atoms with Crippen molar-refractivity contribution in [1.29, 1.82) is 0 Å². The molecule has 4 rings (SSSR count). The van der Waals surface area contributed by atoms with Crippen LogP contribution in [0.5, 0.6) is 11.8 Å². The number of hydrogen-bond acceptors (Lipinski definition) is 5. The van der Waals surface area contributed by atoms with Gasteiger partial charge >= 0.3 is 6.01 Å². The third kappa shape index (κ3) is 4.94. The third-order valence-corrected chi connectivity index (χ3v) is 5.77. The first-order chi connectivity index (χ1) is 16.2.